The van der Waals surface area contributed by atoms with Crippen LogP contribution in [0.4, 0.5) is 13.2 Å². The lowest BCUT2D eigenvalue weighted by atomic mass is 10.1. The second kappa shape index (κ2) is 5.35. The molecule has 0 aliphatic rings. The van der Waals surface area contributed by atoms with E-state index in [0.29, 0.717) is 6.20 Å². The smallest absolute Gasteiger partial charge is 0.462 e. The fourth-order valence-corrected chi connectivity index (χ4v) is 1.12. The lowest BCUT2D eigenvalue weighted by Crippen LogP contribution is -2.19. The molecular weight excluding hydrogens is 253 g/mol. The Bertz CT molecular complexity index is 494. The first-order valence-electron chi connectivity index (χ1n) is 4.70. The first-order valence-corrected chi connectivity index (χ1v) is 4.70. The van der Waals surface area contributed by atoms with Gasteiger partial charge in [0.2, 0.25) is 0 Å². The lowest BCUT2D eigenvalue weighted by molar-refractivity contribution is -0.274. The Morgan fingerprint density at radius 2 is 2.17 bits per heavy atom. The quantitative estimate of drug-likeness (QED) is 0.777. The predicted molar refractivity (Wildman–Crippen MR) is 51.6 cm³/mol. The van der Waals surface area contributed by atoms with Crippen molar-refractivity contribution in [1.82, 2.24) is 4.98 Å². The number of nitriles is 1. The third-order valence-electron chi connectivity index (χ3n) is 1.74. The van der Waals surface area contributed by atoms with Crippen LogP contribution in [0.1, 0.15) is 22.8 Å². The highest BCUT2D eigenvalue weighted by Crippen LogP contribution is 2.27. The summed E-state index contributed by atoms with van der Waals surface area (Å²) in [6.45, 7) is 1.54. The molecule has 0 fully saturated rings. The Morgan fingerprint density at radius 1 is 1.50 bits per heavy atom. The molecule has 8 heteroatoms. The van der Waals surface area contributed by atoms with Crippen molar-refractivity contribution >= 4 is 5.97 Å². The molecule has 5 nitrogen and oxygen atoms in total. The van der Waals surface area contributed by atoms with Crippen LogP contribution in [0, 0.1) is 11.3 Å². The summed E-state index contributed by atoms with van der Waals surface area (Å²) in [6.07, 6.45) is -3.32. The van der Waals surface area contributed by atoms with Crippen LogP contribution < -0.4 is 4.74 Å². The van der Waals surface area contributed by atoms with Gasteiger partial charge in [0.1, 0.15) is 11.6 Å². The van der Waals surface area contributed by atoms with E-state index in [2.05, 4.69) is 14.5 Å². The minimum atomic E-state index is -4.97. The molecule has 0 amide bonds. The highest BCUT2D eigenvalue weighted by atomic mass is 19.4. The molecule has 1 aromatic rings. The number of halogens is 3. The van der Waals surface area contributed by atoms with E-state index in [0.717, 1.165) is 6.20 Å². The summed E-state index contributed by atoms with van der Waals surface area (Å²) >= 11 is 0. The number of hydrogen-bond acceptors (Lipinski definition) is 5. The molecule has 0 bridgehead atoms. The standard InChI is InChI=1S/C10H7F3N2O3/c1-2-17-9(16)7-4-15-5-8(6(7)3-14)18-10(11,12)13/h4-5H,2H2,1H3. The SMILES string of the molecule is CCOC(=O)c1cncc(OC(F)(F)F)c1C#N. The molecule has 96 valence electrons. The van der Waals surface area contributed by atoms with E-state index in [-0.39, 0.29) is 12.2 Å². The number of carbonyl (C=O) groups excluding carboxylic acids is 1. The number of nitrogens with zero attached hydrogens (tertiary/aromatic N) is 2. The van der Waals surface area contributed by atoms with Crippen molar-refractivity contribution in [2.45, 2.75) is 13.3 Å². The monoisotopic (exact) mass is 260 g/mol. The second-order valence-corrected chi connectivity index (χ2v) is 2.94. The van der Waals surface area contributed by atoms with Gasteiger partial charge >= 0.3 is 12.3 Å². The van der Waals surface area contributed by atoms with Gasteiger partial charge in [-0.15, -0.1) is 13.2 Å². The summed E-state index contributed by atoms with van der Waals surface area (Å²) in [6, 6.07) is 1.46. The van der Waals surface area contributed by atoms with Gasteiger partial charge in [-0.3, -0.25) is 4.98 Å². The first-order chi connectivity index (χ1) is 8.39. The normalized spacial score (nSPS) is 10.6. The highest BCUT2D eigenvalue weighted by Gasteiger charge is 2.33. The molecule has 0 aromatic carbocycles. The summed E-state index contributed by atoms with van der Waals surface area (Å²) < 4.78 is 44.4. The maximum atomic E-state index is 12.1. The third kappa shape index (κ3) is 3.35. The number of esters is 1. The number of rotatable bonds is 3. The summed E-state index contributed by atoms with van der Waals surface area (Å²) in [5.41, 5.74) is -0.943. The molecule has 0 aliphatic heterocycles. The number of pyridine rings is 1. The van der Waals surface area contributed by atoms with Gasteiger partial charge in [0.25, 0.3) is 0 Å². The maximum Gasteiger partial charge on any atom is 0.573 e. The molecule has 0 saturated heterocycles. The van der Waals surface area contributed by atoms with Gasteiger partial charge in [0.15, 0.2) is 5.75 Å². The molecule has 0 spiro atoms. The van der Waals surface area contributed by atoms with Gasteiger partial charge in [-0.2, -0.15) is 5.26 Å². The molecule has 0 radical (unpaired) electrons. The third-order valence-corrected chi connectivity index (χ3v) is 1.74. The minimum absolute atomic E-state index is 0.0219. The molecule has 1 heterocycles. The molecular formula is C10H7F3N2O3. The molecule has 1 aromatic heterocycles. The summed E-state index contributed by atoms with van der Waals surface area (Å²) in [5.74, 6) is -1.77. The molecule has 0 atom stereocenters. The van der Waals surface area contributed by atoms with Crippen molar-refractivity contribution in [2.75, 3.05) is 6.61 Å². The Labute approximate surface area is 99.8 Å². The van der Waals surface area contributed by atoms with E-state index in [1.807, 2.05) is 0 Å². The number of ether oxygens (including phenoxy) is 2. The van der Waals surface area contributed by atoms with E-state index < -0.39 is 23.6 Å². The van der Waals surface area contributed by atoms with Crippen LogP contribution in [-0.4, -0.2) is 23.9 Å². The fourth-order valence-electron chi connectivity index (χ4n) is 1.12. The van der Waals surface area contributed by atoms with Crippen molar-refractivity contribution < 1.29 is 27.4 Å². The maximum absolute atomic E-state index is 12.1. The van der Waals surface area contributed by atoms with Gasteiger partial charge in [-0.05, 0) is 6.92 Å². The van der Waals surface area contributed by atoms with Crippen molar-refractivity contribution in [3.8, 4) is 11.8 Å². The van der Waals surface area contributed by atoms with Crippen molar-refractivity contribution in [2.24, 2.45) is 0 Å². The molecule has 18 heavy (non-hydrogen) atoms. The average Bonchev–Trinajstić information content (AvgIpc) is 2.27. The van der Waals surface area contributed by atoms with E-state index in [9.17, 15) is 18.0 Å². The zero-order valence-corrected chi connectivity index (χ0v) is 9.11. The summed E-state index contributed by atoms with van der Waals surface area (Å²) in [4.78, 5) is 14.8. The Hall–Kier alpha value is -2.30. The van der Waals surface area contributed by atoms with Crippen LogP contribution >= 0.6 is 0 Å². The van der Waals surface area contributed by atoms with E-state index in [1.165, 1.54) is 13.0 Å². The molecule has 1 rings (SSSR count). The van der Waals surface area contributed by atoms with Gasteiger partial charge in [-0.25, -0.2) is 4.79 Å². The van der Waals surface area contributed by atoms with Crippen molar-refractivity contribution in [1.29, 1.82) is 5.26 Å². The zero-order valence-electron chi connectivity index (χ0n) is 9.11. The van der Waals surface area contributed by atoms with E-state index in [4.69, 9.17) is 5.26 Å². The Kier molecular flexibility index (Phi) is 4.09. The lowest BCUT2D eigenvalue weighted by Gasteiger charge is -2.11. The molecule has 0 saturated carbocycles. The predicted octanol–water partition coefficient (Wildman–Crippen LogP) is 2.03. The summed E-state index contributed by atoms with van der Waals surface area (Å²) in [7, 11) is 0. The fraction of sp³-hybridized carbons (Fsp3) is 0.300. The number of hydrogen-bond donors (Lipinski definition) is 0. The largest absolute Gasteiger partial charge is 0.573 e. The highest BCUT2D eigenvalue weighted by molar-refractivity contribution is 5.92. The summed E-state index contributed by atoms with van der Waals surface area (Å²) in [5, 5.41) is 8.78. The van der Waals surface area contributed by atoms with E-state index in [1.54, 1.807) is 0 Å². The average molecular weight is 260 g/mol. The van der Waals surface area contributed by atoms with Crippen LogP contribution in [0.3, 0.4) is 0 Å². The van der Waals surface area contributed by atoms with Crippen molar-refractivity contribution in [3.05, 3.63) is 23.5 Å². The number of carbonyl (C=O) groups is 1. The van der Waals surface area contributed by atoms with Gasteiger partial charge in [0.05, 0.1) is 18.4 Å². The van der Waals surface area contributed by atoms with Gasteiger partial charge in [0, 0.05) is 6.20 Å². The van der Waals surface area contributed by atoms with Crippen LogP contribution in [0.15, 0.2) is 12.4 Å². The molecule has 0 aliphatic carbocycles. The Morgan fingerprint density at radius 3 is 2.67 bits per heavy atom. The topological polar surface area (TPSA) is 72.2 Å². The van der Waals surface area contributed by atoms with Gasteiger partial charge < -0.3 is 9.47 Å². The Balaban J connectivity index is 3.19. The minimum Gasteiger partial charge on any atom is -0.462 e. The zero-order chi connectivity index (χ0) is 13.8. The second-order valence-electron chi connectivity index (χ2n) is 2.94. The van der Waals surface area contributed by atoms with Crippen LogP contribution in [-0.2, 0) is 4.74 Å². The van der Waals surface area contributed by atoms with Crippen molar-refractivity contribution in [3.63, 3.8) is 0 Å². The van der Waals surface area contributed by atoms with E-state index >= 15 is 0 Å². The first kappa shape index (κ1) is 13.8. The molecule has 0 N–H and O–H groups in total. The number of alkyl halides is 3. The van der Waals surface area contributed by atoms with Crippen LogP contribution in [0.2, 0.25) is 0 Å². The molecule has 0 unspecified atom stereocenters. The number of aromatic nitrogens is 1. The van der Waals surface area contributed by atoms with Gasteiger partial charge in [-0.1, -0.05) is 0 Å². The van der Waals surface area contributed by atoms with Crippen LogP contribution in [0.25, 0.3) is 0 Å². The van der Waals surface area contributed by atoms with Crippen LogP contribution in [0.5, 0.6) is 5.75 Å².